The lowest BCUT2D eigenvalue weighted by molar-refractivity contribution is -0.140. The van der Waals surface area contributed by atoms with Gasteiger partial charge in [0.2, 0.25) is 0 Å². The van der Waals surface area contributed by atoms with E-state index in [-0.39, 0.29) is 16.9 Å². The lowest BCUT2D eigenvalue weighted by Crippen LogP contribution is -2.54. The molecule has 5 nitrogen and oxygen atoms in total. The zero-order chi connectivity index (χ0) is 18.5. The third-order valence-electron chi connectivity index (χ3n) is 4.40. The SMILES string of the molecule is CC(C)(C)OC(=O)N1c2c(Cl)cc(Cl)cc2[C@H]2C=CC[C@H]2[C@H]1C(=O)O. The Morgan fingerprint density at radius 2 is 1.96 bits per heavy atom. The van der Waals surface area contributed by atoms with E-state index >= 15 is 0 Å². The number of rotatable bonds is 1. The second-order valence-electron chi connectivity index (χ2n) is 7.31. The number of ether oxygens (including phenoxy) is 1. The summed E-state index contributed by atoms with van der Waals surface area (Å²) in [6, 6.07) is 2.20. The van der Waals surface area contributed by atoms with E-state index in [2.05, 4.69) is 0 Å². The summed E-state index contributed by atoms with van der Waals surface area (Å²) in [4.78, 5) is 26.0. The fraction of sp³-hybridized carbons (Fsp3) is 0.444. The number of benzene rings is 1. The fourth-order valence-electron chi connectivity index (χ4n) is 3.57. The normalized spacial score (nSPS) is 24.7. The highest BCUT2D eigenvalue weighted by Crippen LogP contribution is 2.51. The summed E-state index contributed by atoms with van der Waals surface area (Å²) in [5.74, 6) is -1.51. The van der Waals surface area contributed by atoms with Crippen LogP contribution in [0.15, 0.2) is 24.3 Å². The van der Waals surface area contributed by atoms with E-state index in [1.807, 2.05) is 12.2 Å². The predicted molar refractivity (Wildman–Crippen MR) is 96.6 cm³/mol. The molecule has 134 valence electrons. The molecule has 1 aromatic rings. The van der Waals surface area contributed by atoms with Crippen molar-refractivity contribution < 1.29 is 19.4 Å². The van der Waals surface area contributed by atoms with E-state index in [4.69, 9.17) is 27.9 Å². The number of halogens is 2. The molecule has 1 amide bonds. The van der Waals surface area contributed by atoms with Gasteiger partial charge in [-0.15, -0.1) is 0 Å². The largest absolute Gasteiger partial charge is 0.480 e. The van der Waals surface area contributed by atoms with E-state index < -0.39 is 23.7 Å². The van der Waals surface area contributed by atoms with Gasteiger partial charge in [0.25, 0.3) is 0 Å². The number of carbonyl (C=O) groups is 2. The van der Waals surface area contributed by atoms with Crippen LogP contribution >= 0.6 is 23.2 Å². The van der Waals surface area contributed by atoms with Crippen LogP contribution in [0.25, 0.3) is 0 Å². The van der Waals surface area contributed by atoms with E-state index in [9.17, 15) is 14.7 Å². The zero-order valence-electron chi connectivity index (χ0n) is 14.1. The molecule has 2 aliphatic rings. The zero-order valence-corrected chi connectivity index (χ0v) is 15.6. The minimum absolute atomic E-state index is 0.147. The molecular formula is C18H19Cl2NO4. The van der Waals surface area contributed by atoms with Crippen molar-refractivity contribution in [1.82, 2.24) is 0 Å². The number of nitrogens with zero attached hydrogens (tertiary/aromatic N) is 1. The second-order valence-corrected chi connectivity index (χ2v) is 8.16. The van der Waals surface area contributed by atoms with Crippen LogP contribution in [0.2, 0.25) is 10.0 Å². The second kappa shape index (κ2) is 6.22. The number of hydrogen-bond donors (Lipinski definition) is 1. The number of allylic oxidation sites excluding steroid dienone is 2. The number of anilines is 1. The van der Waals surface area contributed by atoms with Crippen molar-refractivity contribution in [3.63, 3.8) is 0 Å². The lowest BCUT2D eigenvalue weighted by atomic mass is 9.78. The lowest BCUT2D eigenvalue weighted by Gasteiger charge is -2.42. The van der Waals surface area contributed by atoms with Gasteiger partial charge in [0.05, 0.1) is 10.7 Å². The Balaban J connectivity index is 2.19. The summed E-state index contributed by atoms with van der Waals surface area (Å²) in [6.07, 6.45) is 3.72. The summed E-state index contributed by atoms with van der Waals surface area (Å²) >= 11 is 12.5. The topological polar surface area (TPSA) is 66.8 Å². The Labute approximate surface area is 156 Å². The molecule has 0 saturated heterocycles. The molecule has 3 rings (SSSR count). The average molecular weight is 384 g/mol. The minimum atomic E-state index is -1.08. The highest BCUT2D eigenvalue weighted by molar-refractivity contribution is 6.37. The number of carboxylic acid groups (broad SMARTS) is 1. The molecule has 0 fully saturated rings. The first-order chi connectivity index (χ1) is 11.6. The minimum Gasteiger partial charge on any atom is -0.480 e. The maximum Gasteiger partial charge on any atom is 0.415 e. The van der Waals surface area contributed by atoms with Gasteiger partial charge >= 0.3 is 12.1 Å². The van der Waals surface area contributed by atoms with Crippen LogP contribution < -0.4 is 4.90 Å². The van der Waals surface area contributed by atoms with Crippen LogP contribution in [-0.2, 0) is 9.53 Å². The van der Waals surface area contributed by atoms with Gasteiger partial charge in [0, 0.05) is 16.9 Å². The molecule has 0 spiro atoms. The fourth-order valence-corrected chi connectivity index (χ4v) is 4.17. The molecule has 1 aliphatic carbocycles. The van der Waals surface area contributed by atoms with Crippen molar-refractivity contribution in [1.29, 1.82) is 0 Å². The Bertz CT molecular complexity index is 769. The third kappa shape index (κ3) is 3.23. The molecule has 3 atom stereocenters. The maximum atomic E-state index is 12.8. The highest BCUT2D eigenvalue weighted by atomic mass is 35.5. The molecule has 1 aromatic carbocycles. The standard InChI is InChI=1S/C18H19Cl2NO4/c1-18(2,3)25-17(24)21-14-12(7-9(19)8-13(14)20)10-5-4-6-11(10)15(21)16(22)23/h4-5,7-8,10-11,15H,6H2,1-3H3,(H,22,23)/t10-,11+,15-/m0/s1. The van der Waals surface area contributed by atoms with E-state index in [0.29, 0.717) is 17.1 Å². The quantitative estimate of drug-likeness (QED) is 0.702. The number of amides is 1. The Morgan fingerprint density at radius 1 is 1.28 bits per heavy atom. The van der Waals surface area contributed by atoms with Crippen LogP contribution in [-0.4, -0.2) is 28.8 Å². The molecule has 1 aliphatic heterocycles. The number of fused-ring (bicyclic) bond motifs is 3. The number of carbonyl (C=O) groups excluding carboxylic acids is 1. The summed E-state index contributed by atoms with van der Waals surface area (Å²) in [7, 11) is 0. The van der Waals surface area contributed by atoms with Gasteiger partial charge in [0.15, 0.2) is 0 Å². The first-order valence-electron chi connectivity index (χ1n) is 8.01. The summed E-state index contributed by atoms with van der Waals surface area (Å²) in [5, 5.41) is 10.5. The van der Waals surface area contributed by atoms with Crippen LogP contribution in [0.1, 0.15) is 38.7 Å². The third-order valence-corrected chi connectivity index (χ3v) is 4.90. The average Bonchev–Trinajstić information content (AvgIpc) is 2.92. The Kier molecular flexibility index (Phi) is 4.50. The summed E-state index contributed by atoms with van der Waals surface area (Å²) in [5.41, 5.74) is 0.351. The van der Waals surface area contributed by atoms with Crippen molar-refractivity contribution in [2.24, 2.45) is 5.92 Å². The number of hydrogen-bond acceptors (Lipinski definition) is 3. The molecule has 1 heterocycles. The molecule has 0 saturated carbocycles. The molecule has 1 N–H and O–H groups in total. The Hall–Kier alpha value is -1.72. The number of aliphatic carboxylic acids is 1. The number of carboxylic acids is 1. The summed E-state index contributed by atoms with van der Waals surface area (Å²) < 4.78 is 5.46. The van der Waals surface area contributed by atoms with Gasteiger partial charge < -0.3 is 9.84 Å². The van der Waals surface area contributed by atoms with E-state index in [1.54, 1.807) is 26.8 Å². The van der Waals surface area contributed by atoms with Gasteiger partial charge in [-0.3, -0.25) is 4.90 Å². The van der Waals surface area contributed by atoms with Gasteiger partial charge in [-0.1, -0.05) is 35.4 Å². The molecule has 7 heteroatoms. The van der Waals surface area contributed by atoms with Crippen LogP contribution in [0.4, 0.5) is 10.5 Å². The van der Waals surface area contributed by atoms with Crippen LogP contribution in [0.5, 0.6) is 0 Å². The van der Waals surface area contributed by atoms with Crippen LogP contribution in [0.3, 0.4) is 0 Å². The first kappa shape index (κ1) is 18.1. The van der Waals surface area contributed by atoms with Crippen molar-refractivity contribution >= 4 is 41.0 Å². The van der Waals surface area contributed by atoms with E-state index in [0.717, 1.165) is 5.56 Å². The van der Waals surface area contributed by atoms with Crippen molar-refractivity contribution in [2.75, 3.05) is 4.90 Å². The maximum absolute atomic E-state index is 12.8. The monoisotopic (exact) mass is 383 g/mol. The molecule has 25 heavy (non-hydrogen) atoms. The van der Waals surface area contributed by atoms with Crippen molar-refractivity contribution in [3.8, 4) is 0 Å². The molecule has 0 unspecified atom stereocenters. The molecule has 0 bridgehead atoms. The van der Waals surface area contributed by atoms with Gasteiger partial charge in [-0.2, -0.15) is 0 Å². The Morgan fingerprint density at radius 3 is 2.56 bits per heavy atom. The molecule has 0 radical (unpaired) electrons. The first-order valence-corrected chi connectivity index (χ1v) is 8.76. The smallest absolute Gasteiger partial charge is 0.415 e. The predicted octanol–water partition coefficient (Wildman–Crippen LogP) is 4.86. The molecular weight excluding hydrogens is 365 g/mol. The van der Waals surface area contributed by atoms with Gasteiger partial charge in [-0.05, 0) is 44.9 Å². The van der Waals surface area contributed by atoms with Crippen LogP contribution in [0, 0.1) is 5.92 Å². The van der Waals surface area contributed by atoms with Gasteiger partial charge in [-0.25, -0.2) is 9.59 Å². The van der Waals surface area contributed by atoms with E-state index in [1.165, 1.54) is 11.0 Å². The molecule has 0 aromatic heterocycles. The van der Waals surface area contributed by atoms with Crippen molar-refractivity contribution in [3.05, 3.63) is 39.9 Å². The van der Waals surface area contributed by atoms with Gasteiger partial charge in [0.1, 0.15) is 11.6 Å². The van der Waals surface area contributed by atoms with Crippen molar-refractivity contribution in [2.45, 2.75) is 44.8 Å². The highest BCUT2D eigenvalue weighted by Gasteiger charge is 2.49. The summed E-state index contributed by atoms with van der Waals surface area (Å²) in [6.45, 7) is 5.19.